The van der Waals surface area contributed by atoms with Gasteiger partial charge in [0.2, 0.25) is 5.91 Å². The molecule has 1 fully saturated rings. The first-order chi connectivity index (χ1) is 9.72. The minimum Gasteiger partial charge on any atom is -0.317 e. The average molecular weight is 372 g/mol. The lowest BCUT2D eigenvalue weighted by molar-refractivity contribution is -0.120. The largest absolute Gasteiger partial charge is 0.317 e. The quantitative estimate of drug-likeness (QED) is 0.866. The number of piperidine rings is 1. The van der Waals surface area contributed by atoms with Crippen molar-refractivity contribution in [2.75, 3.05) is 18.4 Å². The predicted molar refractivity (Wildman–Crippen MR) is 87.4 cm³/mol. The Morgan fingerprint density at radius 2 is 2.15 bits per heavy atom. The van der Waals surface area contributed by atoms with Crippen LogP contribution in [0.15, 0.2) is 21.3 Å². The van der Waals surface area contributed by atoms with Gasteiger partial charge in [0.1, 0.15) is 0 Å². The summed E-state index contributed by atoms with van der Waals surface area (Å²) in [6, 6.07) is 2.04. The fourth-order valence-corrected chi connectivity index (χ4v) is 4.36. The fourth-order valence-electron chi connectivity index (χ4n) is 2.18. The molecule has 2 aromatic heterocycles. The van der Waals surface area contributed by atoms with Crippen molar-refractivity contribution in [3.8, 4) is 10.6 Å². The molecule has 20 heavy (non-hydrogen) atoms. The third-order valence-electron chi connectivity index (χ3n) is 3.26. The number of nitrogens with zero attached hydrogens (tertiary/aromatic N) is 1. The second kappa shape index (κ2) is 6.34. The van der Waals surface area contributed by atoms with E-state index < -0.39 is 0 Å². The molecule has 7 heteroatoms. The first kappa shape index (κ1) is 14.2. The molecule has 106 valence electrons. The molecular formula is C13H14BrN3OS2. The summed E-state index contributed by atoms with van der Waals surface area (Å²) in [5, 5.41) is 10.9. The van der Waals surface area contributed by atoms with Crippen molar-refractivity contribution in [2.45, 2.75) is 12.8 Å². The van der Waals surface area contributed by atoms with Gasteiger partial charge >= 0.3 is 0 Å². The van der Waals surface area contributed by atoms with Crippen LogP contribution in [0.5, 0.6) is 0 Å². The summed E-state index contributed by atoms with van der Waals surface area (Å²) in [6.45, 7) is 1.84. The van der Waals surface area contributed by atoms with Gasteiger partial charge in [-0.15, -0.1) is 22.7 Å². The highest BCUT2D eigenvalue weighted by Gasteiger charge is 2.21. The molecule has 0 atom stereocenters. The van der Waals surface area contributed by atoms with E-state index >= 15 is 0 Å². The number of anilines is 1. The molecular weight excluding hydrogens is 358 g/mol. The van der Waals surface area contributed by atoms with E-state index in [1.54, 1.807) is 11.3 Å². The van der Waals surface area contributed by atoms with E-state index in [2.05, 4.69) is 31.5 Å². The second-order valence-corrected chi connectivity index (χ2v) is 7.37. The van der Waals surface area contributed by atoms with E-state index in [-0.39, 0.29) is 11.8 Å². The maximum Gasteiger partial charge on any atom is 0.229 e. The fraction of sp³-hybridized carbons (Fsp3) is 0.385. The number of nitrogens with one attached hydrogen (secondary N) is 2. The zero-order chi connectivity index (χ0) is 13.9. The van der Waals surface area contributed by atoms with Crippen molar-refractivity contribution in [3.05, 3.63) is 21.3 Å². The van der Waals surface area contributed by atoms with Gasteiger partial charge in [-0.1, -0.05) is 0 Å². The van der Waals surface area contributed by atoms with Crippen LogP contribution in [0.4, 0.5) is 5.13 Å². The number of rotatable bonds is 3. The Balaban J connectivity index is 1.66. The number of hydrogen-bond donors (Lipinski definition) is 2. The lowest BCUT2D eigenvalue weighted by Gasteiger charge is -2.20. The third-order valence-corrected chi connectivity index (χ3v) is 5.74. The van der Waals surface area contributed by atoms with E-state index in [1.165, 1.54) is 11.3 Å². The zero-order valence-corrected chi connectivity index (χ0v) is 13.9. The molecule has 4 nitrogen and oxygen atoms in total. The summed E-state index contributed by atoms with van der Waals surface area (Å²) in [6.07, 6.45) is 1.81. The molecule has 0 aromatic carbocycles. The van der Waals surface area contributed by atoms with Gasteiger partial charge in [-0.05, 0) is 47.9 Å². The molecule has 0 radical (unpaired) electrons. The topological polar surface area (TPSA) is 54.0 Å². The molecule has 1 amide bonds. The highest BCUT2D eigenvalue weighted by molar-refractivity contribution is 9.10. The predicted octanol–water partition coefficient (Wildman–Crippen LogP) is 3.57. The van der Waals surface area contributed by atoms with Crippen LogP contribution >= 0.6 is 38.6 Å². The number of thiophene rings is 1. The van der Waals surface area contributed by atoms with Gasteiger partial charge in [0, 0.05) is 21.2 Å². The van der Waals surface area contributed by atoms with Crippen molar-refractivity contribution in [2.24, 2.45) is 5.92 Å². The Morgan fingerprint density at radius 1 is 1.35 bits per heavy atom. The summed E-state index contributed by atoms with van der Waals surface area (Å²) in [5.74, 6) is 0.208. The molecule has 1 aliphatic heterocycles. The van der Waals surface area contributed by atoms with Crippen LogP contribution in [0.3, 0.4) is 0 Å². The molecule has 3 heterocycles. The van der Waals surface area contributed by atoms with Gasteiger partial charge in [0.25, 0.3) is 0 Å². The minimum absolute atomic E-state index is 0.0970. The number of carbonyl (C=O) groups is 1. The van der Waals surface area contributed by atoms with Crippen LogP contribution in [0.1, 0.15) is 12.8 Å². The SMILES string of the molecule is O=C(Nc1nc(-c2cc(Br)cs2)cs1)C1CCNCC1. The summed E-state index contributed by atoms with van der Waals surface area (Å²) < 4.78 is 1.06. The Bertz CT molecular complexity index is 604. The molecule has 2 aromatic rings. The summed E-state index contributed by atoms with van der Waals surface area (Å²) in [7, 11) is 0. The van der Waals surface area contributed by atoms with Crippen LogP contribution in [-0.4, -0.2) is 24.0 Å². The molecule has 0 spiro atoms. The Hall–Kier alpha value is -0.760. The Labute approximate surface area is 133 Å². The first-order valence-corrected chi connectivity index (χ1v) is 8.99. The Morgan fingerprint density at radius 3 is 2.85 bits per heavy atom. The van der Waals surface area contributed by atoms with Crippen molar-refractivity contribution in [3.63, 3.8) is 0 Å². The maximum absolute atomic E-state index is 12.1. The Kier molecular flexibility index (Phi) is 4.50. The molecule has 2 N–H and O–H groups in total. The highest BCUT2D eigenvalue weighted by atomic mass is 79.9. The van der Waals surface area contributed by atoms with Gasteiger partial charge in [0.05, 0.1) is 10.6 Å². The van der Waals surface area contributed by atoms with Crippen molar-refractivity contribution in [1.29, 1.82) is 0 Å². The number of amides is 1. The second-order valence-electron chi connectivity index (χ2n) is 4.68. The van der Waals surface area contributed by atoms with E-state index in [1.807, 2.05) is 16.8 Å². The first-order valence-electron chi connectivity index (χ1n) is 6.44. The van der Waals surface area contributed by atoms with E-state index in [0.717, 1.165) is 41.0 Å². The maximum atomic E-state index is 12.1. The zero-order valence-electron chi connectivity index (χ0n) is 10.7. The van der Waals surface area contributed by atoms with E-state index in [4.69, 9.17) is 0 Å². The summed E-state index contributed by atoms with van der Waals surface area (Å²) in [5.41, 5.74) is 0.923. The highest BCUT2D eigenvalue weighted by Crippen LogP contribution is 2.32. The van der Waals surface area contributed by atoms with Gasteiger partial charge in [-0.2, -0.15) is 0 Å². The van der Waals surface area contributed by atoms with Gasteiger partial charge < -0.3 is 10.6 Å². The number of carbonyl (C=O) groups excluding carboxylic acids is 1. The average Bonchev–Trinajstić information content (AvgIpc) is 3.09. The molecule has 3 rings (SSSR count). The lowest BCUT2D eigenvalue weighted by Crippen LogP contribution is -2.34. The van der Waals surface area contributed by atoms with Gasteiger partial charge in [0.15, 0.2) is 5.13 Å². The number of aromatic nitrogens is 1. The van der Waals surface area contributed by atoms with Crippen molar-refractivity contribution in [1.82, 2.24) is 10.3 Å². The third kappa shape index (κ3) is 3.28. The number of thiazole rings is 1. The molecule has 0 bridgehead atoms. The molecule has 0 aliphatic carbocycles. The van der Waals surface area contributed by atoms with E-state index in [0.29, 0.717) is 5.13 Å². The monoisotopic (exact) mass is 371 g/mol. The van der Waals surface area contributed by atoms with Crippen LogP contribution < -0.4 is 10.6 Å². The molecule has 1 aliphatic rings. The van der Waals surface area contributed by atoms with Crippen LogP contribution in [-0.2, 0) is 4.79 Å². The smallest absolute Gasteiger partial charge is 0.229 e. The minimum atomic E-state index is 0.0970. The molecule has 1 saturated heterocycles. The van der Waals surface area contributed by atoms with Gasteiger partial charge in [-0.25, -0.2) is 4.98 Å². The van der Waals surface area contributed by atoms with Crippen LogP contribution in [0.25, 0.3) is 10.6 Å². The van der Waals surface area contributed by atoms with Crippen molar-refractivity contribution < 1.29 is 4.79 Å². The normalized spacial score (nSPS) is 16.2. The standard InChI is InChI=1S/C13H14BrN3OS2/c14-9-5-11(19-6-9)10-7-20-13(16-10)17-12(18)8-1-3-15-4-2-8/h5-8,15H,1-4H2,(H,16,17,18). The summed E-state index contributed by atoms with van der Waals surface area (Å²) >= 11 is 6.56. The number of hydrogen-bond acceptors (Lipinski definition) is 5. The van der Waals surface area contributed by atoms with Crippen LogP contribution in [0, 0.1) is 5.92 Å². The molecule has 0 saturated carbocycles. The van der Waals surface area contributed by atoms with E-state index in [9.17, 15) is 4.79 Å². The lowest BCUT2D eigenvalue weighted by atomic mass is 9.97. The number of halogens is 1. The van der Waals surface area contributed by atoms with Gasteiger partial charge in [-0.3, -0.25) is 4.79 Å². The van der Waals surface area contributed by atoms with Crippen molar-refractivity contribution >= 4 is 49.6 Å². The molecule has 0 unspecified atom stereocenters. The summed E-state index contributed by atoms with van der Waals surface area (Å²) in [4.78, 5) is 17.7. The van der Waals surface area contributed by atoms with Crippen LogP contribution in [0.2, 0.25) is 0 Å².